The van der Waals surface area contributed by atoms with E-state index in [1.165, 1.54) is 0 Å². The number of ether oxygens (including phenoxy) is 5. The maximum absolute atomic E-state index is 11.4. The molecule has 0 aromatic heterocycles. The van der Waals surface area contributed by atoms with E-state index in [0.717, 1.165) is 6.26 Å². The van der Waals surface area contributed by atoms with Gasteiger partial charge in [0.2, 0.25) is 0 Å². The van der Waals surface area contributed by atoms with Crippen LogP contribution in [-0.2, 0) is 38.0 Å². The van der Waals surface area contributed by atoms with Crippen LogP contribution in [0.2, 0.25) is 0 Å². The molecule has 8 nitrogen and oxygen atoms in total. The molecule has 23 heavy (non-hydrogen) atoms. The normalized spacial score (nSPS) is 43.0. The summed E-state index contributed by atoms with van der Waals surface area (Å²) >= 11 is 0. The van der Waals surface area contributed by atoms with Gasteiger partial charge in [0, 0.05) is 0 Å². The minimum absolute atomic E-state index is 0.397. The molecular formula is C14H24O8S. The topological polar surface area (TPSA) is 89.5 Å². The van der Waals surface area contributed by atoms with Crippen LogP contribution in [0.1, 0.15) is 34.6 Å². The molecule has 3 saturated heterocycles. The summed E-state index contributed by atoms with van der Waals surface area (Å²) in [5.41, 5.74) is 0. The monoisotopic (exact) mass is 352 g/mol. The highest BCUT2D eigenvalue weighted by Gasteiger charge is 2.62. The molecule has 3 rings (SSSR count). The zero-order valence-electron chi connectivity index (χ0n) is 14.1. The molecule has 9 heteroatoms. The van der Waals surface area contributed by atoms with E-state index in [2.05, 4.69) is 0 Å². The van der Waals surface area contributed by atoms with Crippen LogP contribution in [0.5, 0.6) is 0 Å². The van der Waals surface area contributed by atoms with Crippen molar-refractivity contribution in [1.29, 1.82) is 0 Å². The van der Waals surface area contributed by atoms with Crippen molar-refractivity contribution in [1.82, 2.24) is 0 Å². The lowest BCUT2D eigenvalue weighted by Crippen LogP contribution is -2.59. The van der Waals surface area contributed by atoms with Gasteiger partial charge in [0.05, 0.1) is 6.26 Å². The molecule has 0 spiro atoms. The van der Waals surface area contributed by atoms with E-state index >= 15 is 0 Å². The molecule has 0 aromatic carbocycles. The molecule has 3 aliphatic rings. The molecule has 0 radical (unpaired) electrons. The van der Waals surface area contributed by atoms with Crippen LogP contribution in [0.3, 0.4) is 0 Å². The van der Waals surface area contributed by atoms with Crippen LogP contribution in [0.15, 0.2) is 0 Å². The maximum atomic E-state index is 11.4. The molecule has 6 atom stereocenters. The molecule has 3 heterocycles. The van der Waals surface area contributed by atoms with Gasteiger partial charge in [-0.3, -0.25) is 4.18 Å². The summed E-state index contributed by atoms with van der Waals surface area (Å²) in [6.45, 7) is 8.77. The molecule has 0 unspecified atom stereocenters. The Morgan fingerprint density at radius 2 is 1.48 bits per heavy atom. The second kappa shape index (κ2) is 5.35. The number of fused-ring (bicyclic) bond motifs is 3. The largest absolute Gasteiger partial charge is 0.342 e. The van der Waals surface area contributed by atoms with Gasteiger partial charge in [-0.05, 0) is 34.6 Å². The van der Waals surface area contributed by atoms with Gasteiger partial charge < -0.3 is 23.7 Å². The molecule has 0 aliphatic carbocycles. The first-order valence-electron chi connectivity index (χ1n) is 7.62. The lowest BCUT2D eigenvalue weighted by atomic mass is 9.99. The summed E-state index contributed by atoms with van der Waals surface area (Å²) in [6.07, 6.45) is -2.29. The van der Waals surface area contributed by atoms with E-state index in [-0.39, 0.29) is 0 Å². The first-order valence-corrected chi connectivity index (χ1v) is 9.44. The second-order valence-electron chi connectivity index (χ2n) is 7.14. The maximum Gasteiger partial charge on any atom is 0.264 e. The van der Waals surface area contributed by atoms with Gasteiger partial charge in [0.1, 0.15) is 30.5 Å². The fourth-order valence-electron chi connectivity index (χ4n) is 3.35. The SMILES string of the molecule is C[C@H](OS(C)(=O)=O)[C@H]1OC(C)(C)O[C@H]2[C@@H]1O[C@@H]1OC(C)(C)O[C@@H]12. The standard InChI is InChI=1S/C14H24O8S/c1-7(22-23(6,15)16)8-9-10(19-13(2,3)18-8)11-12(17-9)21-14(4,5)20-11/h7-12H,1-6H3/t7-,8+,9+,10-,11+,12+/m0/s1. The van der Waals surface area contributed by atoms with Gasteiger partial charge in [-0.25, -0.2) is 0 Å². The third kappa shape index (κ3) is 3.55. The number of hydrogen-bond donors (Lipinski definition) is 0. The van der Waals surface area contributed by atoms with Crippen molar-refractivity contribution in [3.63, 3.8) is 0 Å². The summed E-state index contributed by atoms with van der Waals surface area (Å²) in [5.74, 6) is -1.67. The fourth-order valence-corrected chi connectivity index (χ4v) is 4.01. The lowest BCUT2D eigenvalue weighted by Gasteiger charge is -2.45. The van der Waals surface area contributed by atoms with Gasteiger partial charge in [0.25, 0.3) is 10.1 Å². The van der Waals surface area contributed by atoms with E-state index in [0.29, 0.717) is 0 Å². The Kier molecular flexibility index (Phi) is 4.08. The van der Waals surface area contributed by atoms with Crippen LogP contribution < -0.4 is 0 Å². The van der Waals surface area contributed by atoms with Gasteiger partial charge in [-0.15, -0.1) is 0 Å². The highest BCUT2D eigenvalue weighted by Crippen LogP contribution is 2.45. The molecular weight excluding hydrogens is 328 g/mol. The van der Waals surface area contributed by atoms with Gasteiger partial charge >= 0.3 is 0 Å². The van der Waals surface area contributed by atoms with Crippen molar-refractivity contribution in [3.8, 4) is 0 Å². The third-order valence-electron chi connectivity index (χ3n) is 3.98. The van der Waals surface area contributed by atoms with Crippen LogP contribution in [0.25, 0.3) is 0 Å². The first kappa shape index (κ1) is 17.5. The fraction of sp³-hybridized carbons (Fsp3) is 1.00. The highest BCUT2D eigenvalue weighted by atomic mass is 32.2. The van der Waals surface area contributed by atoms with E-state index in [1.54, 1.807) is 34.6 Å². The lowest BCUT2D eigenvalue weighted by molar-refractivity contribution is -0.352. The molecule has 0 saturated carbocycles. The van der Waals surface area contributed by atoms with Gasteiger partial charge in [0.15, 0.2) is 17.9 Å². The quantitative estimate of drug-likeness (QED) is 0.688. The van der Waals surface area contributed by atoms with Crippen molar-refractivity contribution in [3.05, 3.63) is 0 Å². The van der Waals surface area contributed by atoms with Crippen molar-refractivity contribution < 1.29 is 36.3 Å². The number of rotatable bonds is 3. The smallest absolute Gasteiger partial charge is 0.264 e. The third-order valence-corrected chi connectivity index (χ3v) is 4.63. The second-order valence-corrected chi connectivity index (χ2v) is 8.74. The molecule has 0 amide bonds. The van der Waals surface area contributed by atoms with Crippen molar-refractivity contribution in [2.75, 3.05) is 6.26 Å². The molecule has 0 bridgehead atoms. The van der Waals surface area contributed by atoms with Crippen molar-refractivity contribution in [2.45, 2.75) is 83.0 Å². The summed E-state index contributed by atoms with van der Waals surface area (Å²) < 4.78 is 57.2. The minimum Gasteiger partial charge on any atom is -0.342 e. The van der Waals surface area contributed by atoms with E-state index < -0.39 is 58.5 Å². The Labute approximate surface area is 136 Å². The Hall–Kier alpha value is -0.290. The molecule has 0 N–H and O–H groups in total. The van der Waals surface area contributed by atoms with Gasteiger partial charge in [-0.1, -0.05) is 0 Å². The molecule has 0 aromatic rings. The summed E-state index contributed by atoms with van der Waals surface area (Å²) in [5, 5.41) is 0. The average molecular weight is 352 g/mol. The summed E-state index contributed by atoms with van der Waals surface area (Å²) in [4.78, 5) is 0. The molecule has 3 fully saturated rings. The highest BCUT2D eigenvalue weighted by molar-refractivity contribution is 7.86. The Morgan fingerprint density at radius 3 is 2.09 bits per heavy atom. The van der Waals surface area contributed by atoms with Crippen LogP contribution >= 0.6 is 0 Å². The van der Waals surface area contributed by atoms with Crippen LogP contribution in [0, 0.1) is 0 Å². The average Bonchev–Trinajstić information content (AvgIpc) is 2.78. The minimum atomic E-state index is -3.61. The van der Waals surface area contributed by atoms with Crippen molar-refractivity contribution in [2.24, 2.45) is 0 Å². The Morgan fingerprint density at radius 1 is 0.913 bits per heavy atom. The zero-order chi connectivity index (χ0) is 17.2. The zero-order valence-corrected chi connectivity index (χ0v) is 15.0. The number of hydrogen-bond acceptors (Lipinski definition) is 8. The summed E-state index contributed by atoms with van der Waals surface area (Å²) in [7, 11) is -3.61. The molecule has 134 valence electrons. The van der Waals surface area contributed by atoms with E-state index in [9.17, 15) is 8.42 Å². The predicted octanol–water partition coefficient (Wildman–Crippen LogP) is 0.748. The Balaban J connectivity index is 1.83. The summed E-state index contributed by atoms with van der Waals surface area (Å²) in [6, 6.07) is 0. The Bertz CT molecular complexity index is 571. The van der Waals surface area contributed by atoms with Crippen molar-refractivity contribution >= 4 is 10.1 Å². The molecule has 3 aliphatic heterocycles. The van der Waals surface area contributed by atoms with Crippen LogP contribution in [0.4, 0.5) is 0 Å². The van der Waals surface area contributed by atoms with Gasteiger partial charge in [-0.2, -0.15) is 8.42 Å². The van der Waals surface area contributed by atoms with E-state index in [4.69, 9.17) is 27.9 Å². The van der Waals surface area contributed by atoms with E-state index in [1.807, 2.05) is 0 Å². The van der Waals surface area contributed by atoms with Crippen LogP contribution in [-0.4, -0.2) is 63.1 Å². The first-order chi connectivity index (χ1) is 10.4. The predicted molar refractivity (Wildman–Crippen MR) is 77.9 cm³/mol.